The van der Waals surface area contributed by atoms with Crippen molar-refractivity contribution in [2.75, 3.05) is 19.8 Å². The number of ether oxygens (including phenoxy) is 1. The van der Waals surface area contributed by atoms with Gasteiger partial charge in [0.25, 0.3) is 0 Å². The zero-order valence-electron chi connectivity index (χ0n) is 14.0. The Morgan fingerprint density at radius 1 is 1.38 bits per heavy atom. The molecule has 1 atom stereocenters. The number of carboxylic acids is 1. The van der Waals surface area contributed by atoms with Crippen molar-refractivity contribution in [1.82, 2.24) is 5.32 Å². The van der Waals surface area contributed by atoms with E-state index in [1.54, 1.807) is 32.0 Å². The fraction of sp³-hybridized carbons (Fsp3) is 0.556. The quantitative estimate of drug-likeness (QED) is 0.824. The average molecular weight is 354 g/mol. The van der Waals surface area contributed by atoms with E-state index >= 15 is 0 Å². The first-order valence-corrected chi connectivity index (χ1v) is 8.55. The maximum absolute atomic E-state index is 12.6. The number of carbonyl (C=O) groups excluding carboxylic acids is 1. The molecule has 0 aromatic heterocycles. The van der Waals surface area contributed by atoms with Crippen LogP contribution < -0.4 is 5.32 Å². The van der Waals surface area contributed by atoms with Gasteiger partial charge in [0.05, 0.1) is 11.3 Å². The van der Waals surface area contributed by atoms with Crippen molar-refractivity contribution in [3.8, 4) is 0 Å². The maximum atomic E-state index is 12.6. The summed E-state index contributed by atoms with van der Waals surface area (Å²) in [6, 6.07) is 7.16. The molecule has 1 aromatic carbocycles. The van der Waals surface area contributed by atoms with E-state index in [4.69, 9.17) is 16.3 Å². The minimum atomic E-state index is -0.872. The Morgan fingerprint density at radius 3 is 2.62 bits per heavy atom. The molecule has 2 N–H and O–H groups in total. The molecular weight excluding hydrogens is 330 g/mol. The standard InChI is InChI=1S/C18H24ClNO4/c1-18(2,13-4-3-5-14(19)10-13)17(23)20-11-15(16(21)22)12-6-8-24-9-7-12/h3-5,10,12,15H,6-9,11H2,1-2H3,(H,20,23)(H,21,22). The Labute approximate surface area is 147 Å². The molecule has 24 heavy (non-hydrogen) atoms. The third kappa shape index (κ3) is 4.48. The molecule has 1 unspecified atom stereocenters. The number of rotatable bonds is 6. The highest BCUT2D eigenvalue weighted by atomic mass is 35.5. The minimum Gasteiger partial charge on any atom is -0.481 e. The first-order chi connectivity index (χ1) is 11.3. The van der Waals surface area contributed by atoms with Gasteiger partial charge in [0.15, 0.2) is 0 Å². The fourth-order valence-corrected chi connectivity index (χ4v) is 3.20. The van der Waals surface area contributed by atoms with Crippen molar-refractivity contribution in [2.45, 2.75) is 32.1 Å². The predicted octanol–water partition coefficient (Wildman–Crippen LogP) is 2.86. The van der Waals surface area contributed by atoms with E-state index in [0.717, 1.165) is 5.56 Å². The van der Waals surface area contributed by atoms with Crippen LogP contribution in [0.2, 0.25) is 5.02 Å². The van der Waals surface area contributed by atoms with Crippen LogP contribution in [0.15, 0.2) is 24.3 Å². The van der Waals surface area contributed by atoms with Gasteiger partial charge in [-0.1, -0.05) is 23.7 Å². The Kier molecular flexibility index (Phi) is 6.24. The van der Waals surface area contributed by atoms with Crippen molar-refractivity contribution >= 4 is 23.5 Å². The lowest BCUT2D eigenvalue weighted by Gasteiger charge is -2.29. The molecule has 132 valence electrons. The number of nitrogens with one attached hydrogen (secondary N) is 1. The molecule has 0 bridgehead atoms. The van der Waals surface area contributed by atoms with E-state index in [0.29, 0.717) is 31.1 Å². The summed E-state index contributed by atoms with van der Waals surface area (Å²) in [5, 5.41) is 12.9. The highest BCUT2D eigenvalue weighted by Gasteiger charge is 2.34. The molecule has 1 fully saturated rings. The fourth-order valence-electron chi connectivity index (χ4n) is 3.01. The van der Waals surface area contributed by atoms with Crippen LogP contribution in [0.25, 0.3) is 0 Å². The predicted molar refractivity (Wildman–Crippen MR) is 92.2 cm³/mol. The van der Waals surface area contributed by atoms with Gasteiger partial charge in [-0.25, -0.2) is 0 Å². The molecule has 2 rings (SSSR count). The van der Waals surface area contributed by atoms with Crippen molar-refractivity contribution in [3.63, 3.8) is 0 Å². The number of halogens is 1. The Hall–Kier alpha value is -1.59. The van der Waals surface area contributed by atoms with Gasteiger partial charge in [-0.05, 0) is 50.3 Å². The monoisotopic (exact) mass is 353 g/mol. The van der Waals surface area contributed by atoms with Crippen LogP contribution in [0, 0.1) is 11.8 Å². The summed E-state index contributed by atoms with van der Waals surface area (Å²) in [6.45, 7) is 4.89. The van der Waals surface area contributed by atoms with Crippen LogP contribution >= 0.6 is 11.6 Å². The van der Waals surface area contributed by atoms with Gasteiger partial charge in [-0.3, -0.25) is 9.59 Å². The summed E-state index contributed by atoms with van der Waals surface area (Å²) in [5.41, 5.74) is 0.00864. The molecule has 1 aliphatic rings. The average Bonchev–Trinajstić information content (AvgIpc) is 2.55. The number of hydrogen-bond donors (Lipinski definition) is 2. The number of hydrogen-bond acceptors (Lipinski definition) is 3. The largest absolute Gasteiger partial charge is 0.481 e. The summed E-state index contributed by atoms with van der Waals surface area (Å²) in [6.07, 6.45) is 1.43. The lowest BCUT2D eigenvalue weighted by molar-refractivity contribution is -0.145. The molecule has 1 amide bonds. The van der Waals surface area contributed by atoms with E-state index < -0.39 is 17.3 Å². The van der Waals surface area contributed by atoms with Gasteiger partial charge in [0, 0.05) is 24.8 Å². The lowest BCUT2D eigenvalue weighted by atomic mass is 9.82. The van der Waals surface area contributed by atoms with Gasteiger partial charge in [-0.2, -0.15) is 0 Å². The van der Waals surface area contributed by atoms with Crippen LogP contribution in [-0.2, 0) is 19.7 Å². The Morgan fingerprint density at radius 2 is 2.04 bits per heavy atom. The molecule has 5 nitrogen and oxygen atoms in total. The second kappa shape index (κ2) is 7.99. The SMILES string of the molecule is CC(C)(C(=O)NCC(C(=O)O)C1CCOCC1)c1cccc(Cl)c1. The van der Waals surface area contributed by atoms with E-state index in [1.165, 1.54) is 0 Å². The van der Waals surface area contributed by atoms with Crippen LogP contribution in [0.5, 0.6) is 0 Å². The normalized spacial score (nSPS) is 17.3. The third-order valence-electron chi connectivity index (χ3n) is 4.75. The molecule has 0 aliphatic carbocycles. The first kappa shape index (κ1) is 18.7. The highest BCUT2D eigenvalue weighted by Crippen LogP contribution is 2.27. The van der Waals surface area contributed by atoms with Crippen LogP contribution in [0.4, 0.5) is 0 Å². The topological polar surface area (TPSA) is 75.6 Å². The summed E-state index contributed by atoms with van der Waals surface area (Å²) in [4.78, 5) is 24.2. The van der Waals surface area contributed by atoms with E-state index in [2.05, 4.69) is 5.32 Å². The molecule has 1 heterocycles. The van der Waals surface area contributed by atoms with E-state index in [1.807, 2.05) is 6.07 Å². The lowest BCUT2D eigenvalue weighted by Crippen LogP contribution is -2.45. The summed E-state index contributed by atoms with van der Waals surface area (Å²) < 4.78 is 5.29. The maximum Gasteiger partial charge on any atom is 0.308 e. The first-order valence-electron chi connectivity index (χ1n) is 8.17. The molecule has 1 saturated heterocycles. The van der Waals surface area contributed by atoms with Crippen molar-refractivity contribution < 1.29 is 19.4 Å². The number of aliphatic carboxylic acids is 1. The number of benzene rings is 1. The third-order valence-corrected chi connectivity index (χ3v) is 4.98. The van der Waals surface area contributed by atoms with Crippen molar-refractivity contribution in [3.05, 3.63) is 34.9 Å². The van der Waals surface area contributed by atoms with Gasteiger partial charge in [0.1, 0.15) is 0 Å². The van der Waals surface area contributed by atoms with Crippen molar-refractivity contribution in [2.24, 2.45) is 11.8 Å². The number of carboxylic acid groups (broad SMARTS) is 1. The second-order valence-electron chi connectivity index (χ2n) is 6.74. The zero-order chi connectivity index (χ0) is 17.7. The van der Waals surface area contributed by atoms with Crippen LogP contribution in [0.3, 0.4) is 0 Å². The second-order valence-corrected chi connectivity index (χ2v) is 7.18. The zero-order valence-corrected chi connectivity index (χ0v) is 14.8. The van der Waals surface area contributed by atoms with Crippen LogP contribution in [-0.4, -0.2) is 36.7 Å². The Bertz CT molecular complexity index is 596. The molecule has 0 spiro atoms. The van der Waals surface area contributed by atoms with E-state index in [-0.39, 0.29) is 18.4 Å². The molecule has 0 saturated carbocycles. The molecule has 0 radical (unpaired) electrons. The summed E-state index contributed by atoms with van der Waals surface area (Å²) in [5.74, 6) is -1.63. The summed E-state index contributed by atoms with van der Waals surface area (Å²) in [7, 11) is 0. The number of amides is 1. The minimum absolute atomic E-state index is 0.0332. The smallest absolute Gasteiger partial charge is 0.308 e. The van der Waals surface area contributed by atoms with Gasteiger partial charge >= 0.3 is 5.97 Å². The molecule has 6 heteroatoms. The van der Waals surface area contributed by atoms with E-state index in [9.17, 15) is 14.7 Å². The number of carbonyl (C=O) groups is 2. The Balaban J connectivity index is 2.03. The molecule has 1 aliphatic heterocycles. The molecular formula is C18H24ClNO4. The van der Waals surface area contributed by atoms with Crippen molar-refractivity contribution in [1.29, 1.82) is 0 Å². The van der Waals surface area contributed by atoms with Crippen LogP contribution in [0.1, 0.15) is 32.3 Å². The molecule has 1 aromatic rings. The van der Waals surface area contributed by atoms with Gasteiger partial charge in [-0.15, -0.1) is 0 Å². The van der Waals surface area contributed by atoms with Gasteiger partial charge < -0.3 is 15.2 Å². The highest BCUT2D eigenvalue weighted by molar-refractivity contribution is 6.30. The summed E-state index contributed by atoms with van der Waals surface area (Å²) >= 11 is 6.00. The van der Waals surface area contributed by atoms with Gasteiger partial charge in [0.2, 0.25) is 5.91 Å².